The predicted molar refractivity (Wildman–Crippen MR) is 116 cm³/mol. The lowest BCUT2D eigenvalue weighted by atomic mass is 10.2. The average molecular weight is 436 g/mol. The third-order valence-electron chi connectivity index (χ3n) is 5.27. The zero-order valence-electron chi connectivity index (χ0n) is 17.9. The predicted octanol–water partition coefficient (Wildman–Crippen LogP) is 2.77. The van der Waals surface area contributed by atoms with Gasteiger partial charge in [-0.25, -0.2) is 4.39 Å². The zero-order chi connectivity index (χ0) is 21.5. The number of carbonyl (C=O) groups is 1. The maximum atomic E-state index is 13.4. The molecule has 1 saturated heterocycles. The normalized spacial score (nSPS) is 15.9. The molecule has 0 aliphatic carbocycles. The summed E-state index contributed by atoms with van der Waals surface area (Å²) in [6.45, 7) is 12.0. The van der Waals surface area contributed by atoms with Crippen LogP contribution in [0, 0.1) is 5.82 Å². The summed E-state index contributed by atoms with van der Waals surface area (Å²) in [6.07, 6.45) is 0. The second kappa shape index (κ2) is 10.9. The van der Waals surface area contributed by atoms with E-state index in [1.165, 1.54) is 23.9 Å². The lowest BCUT2D eigenvalue weighted by Gasteiger charge is -2.27. The van der Waals surface area contributed by atoms with Gasteiger partial charge in [0.05, 0.1) is 18.5 Å². The van der Waals surface area contributed by atoms with Crippen LogP contribution in [0.3, 0.4) is 0 Å². The molecule has 1 fully saturated rings. The van der Waals surface area contributed by atoms with E-state index in [9.17, 15) is 9.18 Å². The third-order valence-corrected chi connectivity index (χ3v) is 6.34. The molecule has 1 amide bonds. The number of morpholine rings is 1. The number of halogens is 1. The van der Waals surface area contributed by atoms with Crippen molar-refractivity contribution in [2.75, 3.05) is 45.9 Å². The molecular weight excluding hydrogens is 405 g/mol. The van der Waals surface area contributed by atoms with E-state index in [0.717, 1.165) is 38.4 Å². The van der Waals surface area contributed by atoms with Crippen LogP contribution in [-0.2, 0) is 16.1 Å². The number of benzene rings is 1. The van der Waals surface area contributed by atoms with E-state index in [1.807, 2.05) is 30.2 Å². The largest absolute Gasteiger partial charge is 0.379 e. The summed E-state index contributed by atoms with van der Waals surface area (Å²) in [5, 5.41) is 9.20. The molecule has 0 spiro atoms. The monoisotopic (exact) mass is 435 g/mol. The van der Waals surface area contributed by atoms with Crippen molar-refractivity contribution in [1.29, 1.82) is 0 Å². The first-order valence-electron chi connectivity index (χ1n) is 10.5. The maximum absolute atomic E-state index is 13.4. The van der Waals surface area contributed by atoms with E-state index in [0.29, 0.717) is 30.6 Å². The van der Waals surface area contributed by atoms with Gasteiger partial charge < -0.3 is 14.2 Å². The molecule has 1 aliphatic heterocycles. The quantitative estimate of drug-likeness (QED) is 0.565. The Bertz CT molecular complexity index is 819. The van der Waals surface area contributed by atoms with Crippen molar-refractivity contribution in [3.05, 3.63) is 30.1 Å². The highest BCUT2D eigenvalue weighted by Crippen LogP contribution is 2.28. The lowest BCUT2D eigenvalue weighted by molar-refractivity contribution is -0.129. The molecule has 1 aromatic heterocycles. The van der Waals surface area contributed by atoms with Gasteiger partial charge in [-0.05, 0) is 45.0 Å². The summed E-state index contributed by atoms with van der Waals surface area (Å²) in [5.74, 6) is 0.496. The summed E-state index contributed by atoms with van der Waals surface area (Å²) in [7, 11) is 0. The van der Waals surface area contributed by atoms with E-state index in [4.69, 9.17) is 4.74 Å². The van der Waals surface area contributed by atoms with E-state index < -0.39 is 0 Å². The number of hydrogen-bond acceptors (Lipinski definition) is 6. The fourth-order valence-corrected chi connectivity index (χ4v) is 4.42. The Kier molecular flexibility index (Phi) is 8.24. The maximum Gasteiger partial charge on any atom is 0.235 e. The standard InChI is InChI=1S/C21H30FN5O2S/c1-4-26(5-2)20(28)16(3)30-21-24-23-19(17-6-8-18(22)9-7-17)27(21)11-10-25-12-14-29-15-13-25/h6-9,16H,4-5,10-15H2,1-3H3. The molecule has 2 heterocycles. The van der Waals surface area contributed by atoms with Gasteiger partial charge in [0, 0.05) is 44.8 Å². The van der Waals surface area contributed by atoms with Crippen LogP contribution in [0.25, 0.3) is 11.4 Å². The second-order valence-electron chi connectivity index (χ2n) is 7.19. The van der Waals surface area contributed by atoms with Crippen molar-refractivity contribution < 1.29 is 13.9 Å². The fraction of sp³-hybridized carbons (Fsp3) is 0.571. The van der Waals surface area contributed by atoms with Crippen molar-refractivity contribution in [3.63, 3.8) is 0 Å². The fourth-order valence-electron chi connectivity index (χ4n) is 3.46. The van der Waals surface area contributed by atoms with Crippen LogP contribution < -0.4 is 0 Å². The molecule has 30 heavy (non-hydrogen) atoms. The molecule has 1 unspecified atom stereocenters. The number of ether oxygens (including phenoxy) is 1. The molecule has 0 N–H and O–H groups in total. The number of carbonyl (C=O) groups excluding carboxylic acids is 1. The van der Waals surface area contributed by atoms with Gasteiger partial charge >= 0.3 is 0 Å². The summed E-state index contributed by atoms with van der Waals surface area (Å²) >= 11 is 1.42. The van der Waals surface area contributed by atoms with E-state index in [1.54, 1.807) is 12.1 Å². The third kappa shape index (κ3) is 5.59. The van der Waals surface area contributed by atoms with Gasteiger partial charge in [-0.3, -0.25) is 9.69 Å². The first kappa shape index (κ1) is 22.7. The molecule has 3 rings (SSSR count). The molecular formula is C21H30FN5O2S. The smallest absolute Gasteiger partial charge is 0.235 e. The van der Waals surface area contributed by atoms with Crippen LogP contribution in [-0.4, -0.2) is 81.7 Å². The number of nitrogens with zero attached hydrogens (tertiary/aromatic N) is 5. The Morgan fingerprint density at radius 2 is 1.83 bits per heavy atom. The Morgan fingerprint density at radius 3 is 2.47 bits per heavy atom. The van der Waals surface area contributed by atoms with Crippen molar-refractivity contribution in [2.45, 2.75) is 37.7 Å². The van der Waals surface area contributed by atoms with Crippen LogP contribution >= 0.6 is 11.8 Å². The minimum Gasteiger partial charge on any atom is -0.379 e. The average Bonchev–Trinajstić information content (AvgIpc) is 3.16. The van der Waals surface area contributed by atoms with Crippen molar-refractivity contribution in [1.82, 2.24) is 24.6 Å². The van der Waals surface area contributed by atoms with Gasteiger partial charge in [0.15, 0.2) is 11.0 Å². The van der Waals surface area contributed by atoms with Gasteiger partial charge in [0.25, 0.3) is 0 Å². The minimum atomic E-state index is -0.286. The number of rotatable bonds is 9. The van der Waals surface area contributed by atoms with Crippen LogP contribution in [0.2, 0.25) is 0 Å². The van der Waals surface area contributed by atoms with Gasteiger partial charge in [0.2, 0.25) is 5.91 Å². The van der Waals surface area contributed by atoms with Gasteiger partial charge in [0.1, 0.15) is 5.82 Å². The molecule has 2 aromatic rings. The summed E-state index contributed by atoms with van der Waals surface area (Å²) in [5.41, 5.74) is 0.806. The first-order chi connectivity index (χ1) is 14.5. The second-order valence-corrected chi connectivity index (χ2v) is 8.50. The molecule has 9 heteroatoms. The molecule has 1 aliphatic rings. The van der Waals surface area contributed by atoms with Gasteiger partial charge in [-0.15, -0.1) is 10.2 Å². The van der Waals surface area contributed by atoms with E-state index in [2.05, 4.69) is 15.1 Å². The molecule has 164 valence electrons. The number of amides is 1. The molecule has 7 nitrogen and oxygen atoms in total. The molecule has 1 atom stereocenters. The molecule has 0 radical (unpaired) electrons. The highest BCUT2D eigenvalue weighted by atomic mass is 32.2. The summed E-state index contributed by atoms with van der Waals surface area (Å²) in [6, 6.07) is 6.28. The Hall–Kier alpha value is -1.97. The van der Waals surface area contributed by atoms with E-state index >= 15 is 0 Å². The van der Waals surface area contributed by atoms with Crippen LogP contribution in [0.5, 0.6) is 0 Å². The molecule has 0 saturated carbocycles. The minimum absolute atomic E-state index is 0.0936. The van der Waals surface area contributed by atoms with Crippen molar-refractivity contribution in [2.24, 2.45) is 0 Å². The van der Waals surface area contributed by atoms with Gasteiger partial charge in [-0.2, -0.15) is 0 Å². The Balaban J connectivity index is 1.82. The lowest BCUT2D eigenvalue weighted by Crippen LogP contribution is -2.38. The highest BCUT2D eigenvalue weighted by Gasteiger charge is 2.24. The number of thioether (sulfide) groups is 1. The van der Waals surface area contributed by atoms with Crippen molar-refractivity contribution >= 4 is 17.7 Å². The first-order valence-corrected chi connectivity index (χ1v) is 11.4. The summed E-state index contributed by atoms with van der Waals surface area (Å²) in [4.78, 5) is 16.9. The summed E-state index contributed by atoms with van der Waals surface area (Å²) < 4.78 is 20.9. The number of hydrogen-bond donors (Lipinski definition) is 0. The number of aromatic nitrogens is 3. The van der Waals surface area contributed by atoms with E-state index in [-0.39, 0.29) is 17.0 Å². The van der Waals surface area contributed by atoms with Crippen molar-refractivity contribution in [3.8, 4) is 11.4 Å². The van der Waals surface area contributed by atoms with Crippen LogP contribution in [0.15, 0.2) is 29.4 Å². The highest BCUT2D eigenvalue weighted by molar-refractivity contribution is 8.00. The zero-order valence-corrected chi connectivity index (χ0v) is 18.7. The Morgan fingerprint density at radius 1 is 1.17 bits per heavy atom. The molecule has 1 aromatic carbocycles. The molecule has 0 bridgehead atoms. The SMILES string of the molecule is CCN(CC)C(=O)C(C)Sc1nnc(-c2ccc(F)cc2)n1CCN1CCOCC1. The van der Waals surface area contributed by atoms with Crippen LogP contribution in [0.1, 0.15) is 20.8 Å². The topological polar surface area (TPSA) is 63.5 Å². The van der Waals surface area contributed by atoms with Gasteiger partial charge in [-0.1, -0.05) is 11.8 Å². The van der Waals surface area contributed by atoms with Crippen LogP contribution in [0.4, 0.5) is 4.39 Å². The Labute approximate surface area is 181 Å².